The zero-order valence-corrected chi connectivity index (χ0v) is 12.5. The van der Waals surface area contributed by atoms with E-state index in [-0.39, 0.29) is 23.2 Å². The van der Waals surface area contributed by atoms with Crippen LogP contribution in [0.5, 0.6) is 0 Å². The summed E-state index contributed by atoms with van der Waals surface area (Å²) in [5, 5.41) is 3.12. The van der Waals surface area contributed by atoms with Crippen molar-refractivity contribution in [2.75, 3.05) is 6.61 Å². The van der Waals surface area contributed by atoms with Gasteiger partial charge in [0.05, 0.1) is 12.6 Å². The van der Waals surface area contributed by atoms with Crippen molar-refractivity contribution >= 4 is 22.8 Å². The van der Waals surface area contributed by atoms with Crippen LogP contribution in [0, 0.1) is 6.92 Å². The molecular weight excluding hydrogens is 274 g/mol. The van der Waals surface area contributed by atoms with E-state index < -0.39 is 0 Å². The summed E-state index contributed by atoms with van der Waals surface area (Å²) in [6.45, 7) is 4.16. The Hall–Kier alpha value is -1.33. The maximum atomic E-state index is 12.2. The molecule has 2 atom stereocenters. The van der Waals surface area contributed by atoms with Gasteiger partial charge in [-0.05, 0) is 38.8 Å². The summed E-state index contributed by atoms with van der Waals surface area (Å²) in [5.74, 6) is -0.261. The fourth-order valence-corrected chi connectivity index (χ4v) is 2.98. The highest BCUT2D eigenvalue weighted by Gasteiger charge is 2.34. The van der Waals surface area contributed by atoms with Crippen LogP contribution in [0.4, 0.5) is 0 Å². The Kier molecular flexibility index (Phi) is 5.20. The van der Waals surface area contributed by atoms with Crippen LogP contribution >= 0.6 is 11.8 Å². The van der Waals surface area contributed by atoms with Crippen molar-refractivity contribution in [3.8, 4) is 0 Å². The molecule has 1 heterocycles. The average molecular weight is 293 g/mol. The third-order valence-electron chi connectivity index (χ3n) is 3.24. The second-order valence-corrected chi connectivity index (χ2v) is 5.91. The van der Waals surface area contributed by atoms with E-state index in [1.165, 1.54) is 17.3 Å². The van der Waals surface area contributed by atoms with Gasteiger partial charge in [-0.2, -0.15) is 0 Å². The van der Waals surface area contributed by atoms with Gasteiger partial charge in [0.15, 0.2) is 0 Å². The van der Waals surface area contributed by atoms with Gasteiger partial charge in [0, 0.05) is 4.90 Å². The van der Waals surface area contributed by atoms with E-state index in [0.717, 1.165) is 4.90 Å². The Morgan fingerprint density at radius 3 is 2.55 bits per heavy atom. The van der Waals surface area contributed by atoms with Crippen molar-refractivity contribution in [1.82, 2.24) is 5.32 Å². The fraction of sp³-hybridized carbons (Fsp3) is 0.467. The van der Waals surface area contributed by atoms with E-state index in [4.69, 9.17) is 4.74 Å². The van der Waals surface area contributed by atoms with Gasteiger partial charge in [-0.3, -0.25) is 14.9 Å². The van der Waals surface area contributed by atoms with Gasteiger partial charge in [0.1, 0.15) is 6.04 Å². The summed E-state index contributed by atoms with van der Waals surface area (Å²) in [4.78, 5) is 24.7. The summed E-state index contributed by atoms with van der Waals surface area (Å²) in [7, 11) is 0. The topological polar surface area (TPSA) is 55.4 Å². The number of hydrogen-bond acceptors (Lipinski definition) is 5. The first kappa shape index (κ1) is 15.1. The second-order valence-electron chi connectivity index (χ2n) is 4.84. The van der Waals surface area contributed by atoms with Gasteiger partial charge < -0.3 is 4.74 Å². The lowest BCUT2D eigenvalue weighted by Crippen LogP contribution is -2.39. The molecule has 1 saturated heterocycles. The number of rotatable bonds is 4. The number of nitrogens with one attached hydrogen (secondary N) is 1. The first-order valence-electron chi connectivity index (χ1n) is 6.81. The molecule has 0 bridgehead atoms. The smallest absolute Gasteiger partial charge is 0.323 e. The molecule has 108 valence electrons. The highest BCUT2D eigenvalue weighted by molar-refractivity contribution is 8.13. The van der Waals surface area contributed by atoms with Crippen molar-refractivity contribution < 1.29 is 14.3 Å². The molecule has 0 aliphatic carbocycles. The van der Waals surface area contributed by atoms with Crippen molar-refractivity contribution in [3.05, 3.63) is 29.8 Å². The Bertz CT molecular complexity index is 486. The normalized spacial score (nSPS) is 21.7. The average Bonchev–Trinajstić information content (AvgIpc) is 2.91. The molecule has 1 aliphatic heterocycles. The quantitative estimate of drug-likeness (QED) is 0.682. The summed E-state index contributed by atoms with van der Waals surface area (Å²) < 4.78 is 4.97. The minimum absolute atomic E-state index is 0.0562. The molecule has 1 aliphatic rings. The predicted molar refractivity (Wildman–Crippen MR) is 78.6 cm³/mol. The number of carbonyl (C=O) groups excluding carboxylic acids is 2. The molecule has 0 amide bonds. The van der Waals surface area contributed by atoms with Crippen LogP contribution in [0.3, 0.4) is 0 Å². The maximum absolute atomic E-state index is 12.2. The molecule has 4 nitrogen and oxygen atoms in total. The van der Waals surface area contributed by atoms with Crippen molar-refractivity contribution in [2.24, 2.45) is 0 Å². The Morgan fingerprint density at radius 1 is 1.25 bits per heavy atom. The SMILES string of the molecule is CCOC(=O)[C@@H]1CC[C@@H](C(=O)Sc2ccc(C)cc2)N1. The van der Waals surface area contributed by atoms with Crippen LogP contribution in [0.1, 0.15) is 25.3 Å². The first-order valence-corrected chi connectivity index (χ1v) is 7.63. The van der Waals surface area contributed by atoms with E-state index >= 15 is 0 Å². The molecule has 1 N–H and O–H groups in total. The van der Waals surface area contributed by atoms with Gasteiger partial charge >= 0.3 is 5.97 Å². The Labute approximate surface area is 123 Å². The van der Waals surface area contributed by atoms with Crippen LogP contribution < -0.4 is 5.32 Å². The van der Waals surface area contributed by atoms with E-state index in [1.807, 2.05) is 31.2 Å². The molecule has 20 heavy (non-hydrogen) atoms. The largest absolute Gasteiger partial charge is 0.465 e. The molecule has 1 fully saturated rings. The number of benzene rings is 1. The van der Waals surface area contributed by atoms with Gasteiger partial charge in [-0.15, -0.1) is 0 Å². The van der Waals surface area contributed by atoms with E-state index in [2.05, 4.69) is 5.32 Å². The molecule has 2 rings (SSSR count). The summed E-state index contributed by atoms with van der Waals surface area (Å²) >= 11 is 1.22. The molecular formula is C15H19NO3S. The molecule has 0 aromatic heterocycles. The minimum atomic E-state index is -0.345. The third-order valence-corrected chi connectivity index (χ3v) is 4.24. The zero-order chi connectivity index (χ0) is 14.5. The van der Waals surface area contributed by atoms with E-state index in [9.17, 15) is 9.59 Å². The maximum Gasteiger partial charge on any atom is 0.323 e. The second kappa shape index (κ2) is 6.90. The van der Waals surface area contributed by atoms with Gasteiger partial charge in [-0.25, -0.2) is 0 Å². The molecule has 1 aromatic rings. The zero-order valence-electron chi connectivity index (χ0n) is 11.7. The van der Waals surface area contributed by atoms with Crippen LogP contribution in [-0.2, 0) is 14.3 Å². The molecule has 0 spiro atoms. The number of hydrogen-bond donors (Lipinski definition) is 1. The molecule has 1 aromatic carbocycles. The summed E-state index contributed by atoms with van der Waals surface area (Å²) in [6.07, 6.45) is 1.34. The standard InChI is InChI=1S/C15H19NO3S/c1-3-19-14(17)12-8-9-13(16-12)15(18)20-11-6-4-10(2)5-7-11/h4-7,12-13,16H,3,8-9H2,1-2H3/t12-,13-/m0/s1. The minimum Gasteiger partial charge on any atom is -0.465 e. The number of thioether (sulfide) groups is 1. The van der Waals surface area contributed by atoms with Crippen LogP contribution in [0.15, 0.2) is 29.2 Å². The molecule has 0 unspecified atom stereocenters. The number of esters is 1. The monoisotopic (exact) mass is 293 g/mol. The Morgan fingerprint density at radius 2 is 1.90 bits per heavy atom. The lowest BCUT2D eigenvalue weighted by atomic mass is 10.2. The highest BCUT2D eigenvalue weighted by atomic mass is 32.2. The van der Waals surface area contributed by atoms with Crippen LogP contribution in [0.2, 0.25) is 0 Å². The van der Waals surface area contributed by atoms with Crippen molar-refractivity contribution in [2.45, 2.75) is 43.7 Å². The first-order chi connectivity index (χ1) is 9.60. The molecule has 0 saturated carbocycles. The third kappa shape index (κ3) is 3.84. The number of aryl methyl sites for hydroxylation is 1. The fourth-order valence-electron chi connectivity index (χ4n) is 2.15. The van der Waals surface area contributed by atoms with Gasteiger partial charge in [0.2, 0.25) is 5.12 Å². The predicted octanol–water partition coefficient (Wildman–Crippen LogP) is 2.30. The molecule has 5 heteroatoms. The van der Waals surface area contributed by atoms with Crippen LogP contribution in [-0.4, -0.2) is 29.8 Å². The highest BCUT2D eigenvalue weighted by Crippen LogP contribution is 2.25. The van der Waals surface area contributed by atoms with Crippen LogP contribution in [0.25, 0.3) is 0 Å². The number of carbonyl (C=O) groups is 2. The van der Waals surface area contributed by atoms with E-state index in [0.29, 0.717) is 19.4 Å². The number of ether oxygens (including phenoxy) is 1. The Balaban J connectivity index is 1.88. The van der Waals surface area contributed by atoms with Crippen molar-refractivity contribution in [3.63, 3.8) is 0 Å². The summed E-state index contributed by atoms with van der Waals surface area (Å²) in [5.41, 5.74) is 1.17. The van der Waals surface area contributed by atoms with Gasteiger partial charge in [0.25, 0.3) is 0 Å². The van der Waals surface area contributed by atoms with Crippen molar-refractivity contribution in [1.29, 1.82) is 0 Å². The lowest BCUT2D eigenvalue weighted by Gasteiger charge is -2.12. The lowest BCUT2D eigenvalue weighted by molar-refractivity contribution is -0.145. The van der Waals surface area contributed by atoms with E-state index in [1.54, 1.807) is 6.92 Å². The molecule has 0 radical (unpaired) electrons. The van der Waals surface area contributed by atoms with Gasteiger partial charge in [-0.1, -0.05) is 29.5 Å². The summed E-state index contributed by atoms with van der Waals surface area (Å²) in [6, 6.07) is 7.24.